The summed E-state index contributed by atoms with van der Waals surface area (Å²) < 4.78 is 11.3. The van der Waals surface area contributed by atoms with Crippen LogP contribution in [-0.2, 0) is 9.59 Å². The van der Waals surface area contributed by atoms with Gasteiger partial charge in [0.05, 0.1) is 23.3 Å². The highest BCUT2D eigenvalue weighted by atomic mass is 16.6. The number of hydrogen-bond acceptors (Lipinski definition) is 6. The smallest absolute Gasteiger partial charge is 0.315 e. The molecule has 0 spiro atoms. The van der Waals surface area contributed by atoms with Crippen molar-refractivity contribution in [1.82, 2.24) is 5.43 Å². The SMILES string of the molecule is CCOc1cc(/C=C2/C(=O)NN(c3ccccc3)C2=O)cc([N+](=O)[O-])c1O[C@H](C)CC. The minimum Gasteiger partial charge on any atom is -0.490 e. The van der Waals surface area contributed by atoms with Gasteiger partial charge in [0, 0.05) is 6.07 Å². The number of benzene rings is 2. The van der Waals surface area contributed by atoms with Crippen LogP contribution < -0.4 is 19.9 Å². The van der Waals surface area contributed by atoms with Gasteiger partial charge in [0.15, 0.2) is 5.75 Å². The van der Waals surface area contributed by atoms with E-state index in [0.717, 1.165) is 5.01 Å². The topological polar surface area (TPSA) is 111 Å². The molecule has 31 heavy (non-hydrogen) atoms. The minimum atomic E-state index is -0.602. The lowest BCUT2D eigenvalue weighted by molar-refractivity contribution is -0.386. The Kier molecular flexibility index (Phi) is 6.54. The number of nitro groups is 1. The summed E-state index contributed by atoms with van der Waals surface area (Å²) in [4.78, 5) is 36.3. The summed E-state index contributed by atoms with van der Waals surface area (Å²) in [5.41, 5.74) is 2.84. The highest BCUT2D eigenvalue weighted by molar-refractivity contribution is 6.31. The molecule has 162 valence electrons. The molecular formula is C22H23N3O6. The van der Waals surface area contributed by atoms with Crippen LogP contribution in [0.2, 0.25) is 0 Å². The Morgan fingerprint density at radius 2 is 1.90 bits per heavy atom. The number of para-hydroxylation sites is 1. The number of ether oxygens (including phenoxy) is 2. The maximum absolute atomic E-state index is 12.8. The molecule has 1 heterocycles. The molecule has 3 rings (SSSR count). The molecule has 9 heteroatoms. The number of carbonyl (C=O) groups excluding carboxylic acids is 2. The number of nitro benzene ring substituents is 1. The van der Waals surface area contributed by atoms with Crippen LogP contribution >= 0.6 is 0 Å². The zero-order valence-electron chi connectivity index (χ0n) is 17.5. The Balaban J connectivity index is 2.04. The number of amides is 2. The number of hydrazine groups is 1. The first-order valence-corrected chi connectivity index (χ1v) is 9.89. The van der Waals surface area contributed by atoms with Gasteiger partial charge in [-0.15, -0.1) is 0 Å². The van der Waals surface area contributed by atoms with Gasteiger partial charge in [0.25, 0.3) is 11.8 Å². The van der Waals surface area contributed by atoms with Gasteiger partial charge in [0.1, 0.15) is 5.57 Å². The van der Waals surface area contributed by atoms with Crippen molar-refractivity contribution >= 4 is 29.3 Å². The van der Waals surface area contributed by atoms with E-state index in [-0.39, 0.29) is 41.0 Å². The Morgan fingerprint density at radius 3 is 2.52 bits per heavy atom. The third-order valence-corrected chi connectivity index (χ3v) is 4.66. The molecule has 0 aliphatic carbocycles. The first-order chi connectivity index (χ1) is 14.8. The lowest BCUT2D eigenvalue weighted by Gasteiger charge is -2.17. The molecule has 1 atom stereocenters. The summed E-state index contributed by atoms with van der Waals surface area (Å²) in [6.07, 6.45) is 1.70. The Labute approximate surface area is 179 Å². The number of rotatable bonds is 8. The van der Waals surface area contributed by atoms with Crippen LogP contribution in [0.1, 0.15) is 32.8 Å². The predicted molar refractivity (Wildman–Crippen MR) is 115 cm³/mol. The number of anilines is 1. The normalized spacial score (nSPS) is 15.7. The van der Waals surface area contributed by atoms with Crippen molar-refractivity contribution in [3.8, 4) is 11.5 Å². The van der Waals surface area contributed by atoms with E-state index < -0.39 is 16.7 Å². The van der Waals surface area contributed by atoms with E-state index in [1.54, 1.807) is 44.2 Å². The van der Waals surface area contributed by atoms with Gasteiger partial charge in [0.2, 0.25) is 5.75 Å². The Hall–Kier alpha value is -3.88. The van der Waals surface area contributed by atoms with Crippen LogP contribution in [0.5, 0.6) is 11.5 Å². The van der Waals surface area contributed by atoms with E-state index in [1.165, 1.54) is 18.2 Å². The van der Waals surface area contributed by atoms with E-state index in [0.29, 0.717) is 12.1 Å². The van der Waals surface area contributed by atoms with E-state index >= 15 is 0 Å². The van der Waals surface area contributed by atoms with Crippen molar-refractivity contribution in [2.24, 2.45) is 0 Å². The third kappa shape index (κ3) is 4.66. The van der Waals surface area contributed by atoms with Crippen LogP contribution in [0.25, 0.3) is 6.08 Å². The molecule has 1 saturated heterocycles. The van der Waals surface area contributed by atoms with E-state index in [1.807, 2.05) is 6.92 Å². The van der Waals surface area contributed by atoms with Crippen LogP contribution in [-0.4, -0.2) is 29.4 Å². The number of carbonyl (C=O) groups is 2. The Bertz CT molecular complexity index is 1040. The van der Waals surface area contributed by atoms with Gasteiger partial charge in [-0.05, 0) is 50.1 Å². The van der Waals surface area contributed by atoms with Gasteiger partial charge in [-0.1, -0.05) is 25.1 Å². The predicted octanol–water partition coefficient (Wildman–Crippen LogP) is 3.63. The van der Waals surface area contributed by atoms with Gasteiger partial charge in [-0.2, -0.15) is 0 Å². The number of nitrogens with zero attached hydrogens (tertiary/aromatic N) is 2. The molecule has 0 saturated carbocycles. The fourth-order valence-electron chi connectivity index (χ4n) is 2.98. The van der Waals surface area contributed by atoms with Crippen molar-refractivity contribution < 1.29 is 24.0 Å². The molecule has 1 N–H and O–H groups in total. The number of hydrogen-bond donors (Lipinski definition) is 1. The fourth-order valence-corrected chi connectivity index (χ4v) is 2.98. The second-order valence-corrected chi connectivity index (χ2v) is 6.87. The molecule has 1 aliphatic rings. The summed E-state index contributed by atoms with van der Waals surface area (Å²) in [6.45, 7) is 5.71. The summed E-state index contributed by atoms with van der Waals surface area (Å²) in [5, 5.41) is 12.8. The molecule has 2 aromatic carbocycles. The standard InChI is InChI=1S/C22H23N3O6/c1-4-14(3)31-20-18(25(28)29)12-15(13-19(20)30-5-2)11-17-21(26)23-24(22(17)27)16-9-7-6-8-10-16/h6-14H,4-5H2,1-3H3,(H,23,26)/b17-11-/t14-/m1/s1. The monoisotopic (exact) mass is 425 g/mol. The molecule has 0 aromatic heterocycles. The average molecular weight is 425 g/mol. The first kappa shape index (κ1) is 21.8. The van der Waals surface area contributed by atoms with Crippen LogP contribution in [0.3, 0.4) is 0 Å². The largest absolute Gasteiger partial charge is 0.490 e. The average Bonchev–Trinajstić information content (AvgIpc) is 3.04. The summed E-state index contributed by atoms with van der Waals surface area (Å²) in [5.74, 6) is -0.961. The van der Waals surface area contributed by atoms with Crippen LogP contribution in [0.15, 0.2) is 48.0 Å². The third-order valence-electron chi connectivity index (χ3n) is 4.66. The quantitative estimate of drug-likeness (QED) is 0.299. The second-order valence-electron chi connectivity index (χ2n) is 6.87. The molecule has 9 nitrogen and oxygen atoms in total. The van der Waals surface area contributed by atoms with Crippen molar-refractivity contribution in [2.45, 2.75) is 33.3 Å². The van der Waals surface area contributed by atoms with Crippen LogP contribution in [0, 0.1) is 10.1 Å². The van der Waals surface area contributed by atoms with Crippen molar-refractivity contribution in [3.05, 3.63) is 63.7 Å². The fraction of sp³-hybridized carbons (Fsp3) is 0.273. The van der Waals surface area contributed by atoms with Crippen molar-refractivity contribution in [3.63, 3.8) is 0 Å². The molecule has 0 bridgehead atoms. The zero-order chi connectivity index (χ0) is 22.5. The van der Waals surface area contributed by atoms with Crippen molar-refractivity contribution in [2.75, 3.05) is 11.6 Å². The molecular weight excluding hydrogens is 402 g/mol. The summed E-state index contributed by atoms with van der Waals surface area (Å²) >= 11 is 0. The lowest BCUT2D eigenvalue weighted by Crippen LogP contribution is -2.35. The highest BCUT2D eigenvalue weighted by Crippen LogP contribution is 2.40. The van der Waals surface area contributed by atoms with E-state index in [4.69, 9.17) is 9.47 Å². The number of nitrogens with one attached hydrogen (secondary N) is 1. The zero-order valence-corrected chi connectivity index (χ0v) is 17.5. The maximum Gasteiger partial charge on any atom is 0.315 e. The van der Waals surface area contributed by atoms with Crippen molar-refractivity contribution in [1.29, 1.82) is 0 Å². The molecule has 1 aliphatic heterocycles. The van der Waals surface area contributed by atoms with E-state index in [9.17, 15) is 19.7 Å². The lowest BCUT2D eigenvalue weighted by atomic mass is 10.1. The molecule has 2 aromatic rings. The molecule has 0 radical (unpaired) electrons. The molecule has 2 amide bonds. The maximum atomic E-state index is 12.8. The Morgan fingerprint density at radius 1 is 1.19 bits per heavy atom. The minimum absolute atomic E-state index is 0.0245. The first-order valence-electron chi connectivity index (χ1n) is 9.89. The highest BCUT2D eigenvalue weighted by Gasteiger charge is 2.35. The van der Waals surface area contributed by atoms with Crippen LogP contribution in [0.4, 0.5) is 11.4 Å². The summed E-state index contributed by atoms with van der Waals surface area (Å²) in [7, 11) is 0. The molecule has 0 unspecified atom stereocenters. The second kappa shape index (κ2) is 9.29. The van der Waals surface area contributed by atoms with Gasteiger partial charge in [-0.3, -0.25) is 25.1 Å². The molecule has 1 fully saturated rings. The van der Waals surface area contributed by atoms with E-state index in [2.05, 4.69) is 5.43 Å². The van der Waals surface area contributed by atoms with Gasteiger partial charge in [-0.25, -0.2) is 5.01 Å². The van der Waals surface area contributed by atoms with Gasteiger partial charge >= 0.3 is 5.69 Å². The summed E-state index contributed by atoms with van der Waals surface area (Å²) in [6, 6.07) is 11.4. The van der Waals surface area contributed by atoms with Gasteiger partial charge < -0.3 is 9.47 Å².